The van der Waals surface area contributed by atoms with Crippen LogP contribution in [0, 0.1) is 0 Å². The maximum absolute atomic E-state index is 13.3. The van der Waals surface area contributed by atoms with Crippen LogP contribution in [0.25, 0.3) is 5.76 Å². The van der Waals surface area contributed by atoms with Gasteiger partial charge in [-0.25, -0.2) is 0 Å². The number of likely N-dealkylation sites (tertiary alicyclic amines) is 1. The number of halogens is 1. The molecule has 0 bridgehead atoms. The zero-order chi connectivity index (χ0) is 25.8. The Balaban J connectivity index is 1.85. The highest BCUT2D eigenvalue weighted by atomic mass is 79.9. The third kappa shape index (κ3) is 4.83. The highest BCUT2D eigenvalue weighted by molar-refractivity contribution is 9.10. The second-order valence-corrected chi connectivity index (χ2v) is 8.82. The normalized spacial score (nSPS) is 16.7. The Morgan fingerprint density at radius 3 is 2.61 bits per heavy atom. The van der Waals surface area contributed by atoms with Gasteiger partial charge in [-0.2, -0.15) is 0 Å². The van der Waals surface area contributed by atoms with Crippen molar-refractivity contribution in [1.29, 1.82) is 0 Å². The van der Waals surface area contributed by atoms with Crippen molar-refractivity contribution >= 4 is 33.4 Å². The van der Waals surface area contributed by atoms with Crippen molar-refractivity contribution < 1.29 is 29.3 Å². The topological polar surface area (TPSA) is 109 Å². The molecule has 0 aliphatic carbocycles. The third-order valence-electron chi connectivity index (χ3n) is 5.70. The summed E-state index contributed by atoms with van der Waals surface area (Å²) in [6.07, 6.45) is 4.83. The number of phenols is 1. The predicted octanol–water partition coefficient (Wildman–Crippen LogP) is 4.75. The number of ketones is 1. The van der Waals surface area contributed by atoms with Crippen molar-refractivity contribution in [3.8, 4) is 17.2 Å². The van der Waals surface area contributed by atoms with Crippen LogP contribution in [-0.2, 0) is 16.1 Å². The molecule has 0 spiro atoms. The number of benzene rings is 2. The molecule has 0 saturated carbocycles. The monoisotopic (exact) mass is 550 g/mol. The highest BCUT2D eigenvalue weighted by Crippen LogP contribution is 2.44. The van der Waals surface area contributed by atoms with Gasteiger partial charge in [0.05, 0.1) is 23.2 Å². The van der Waals surface area contributed by atoms with Crippen LogP contribution in [0.4, 0.5) is 0 Å². The molecule has 1 aliphatic rings. The van der Waals surface area contributed by atoms with E-state index in [1.165, 1.54) is 18.1 Å². The Bertz CT molecular complexity index is 1340. The fourth-order valence-electron chi connectivity index (χ4n) is 4.00. The van der Waals surface area contributed by atoms with E-state index in [1.807, 2.05) is 0 Å². The Hall–Kier alpha value is -4.11. The van der Waals surface area contributed by atoms with Crippen molar-refractivity contribution in [2.45, 2.75) is 12.6 Å². The molecule has 36 heavy (non-hydrogen) atoms. The lowest BCUT2D eigenvalue weighted by Crippen LogP contribution is -2.29. The fourth-order valence-corrected chi connectivity index (χ4v) is 4.46. The lowest BCUT2D eigenvalue weighted by Gasteiger charge is -2.26. The molecule has 1 aliphatic heterocycles. The van der Waals surface area contributed by atoms with Crippen LogP contribution in [0.5, 0.6) is 17.2 Å². The number of aliphatic hydroxyl groups is 1. The number of pyridine rings is 1. The smallest absolute Gasteiger partial charge is 0.295 e. The molecule has 184 valence electrons. The van der Waals surface area contributed by atoms with E-state index < -0.39 is 17.7 Å². The number of aromatic hydroxyl groups is 1. The van der Waals surface area contributed by atoms with Gasteiger partial charge in [0.1, 0.15) is 18.1 Å². The number of aromatic nitrogens is 1. The first-order chi connectivity index (χ1) is 17.3. The maximum Gasteiger partial charge on any atom is 0.295 e. The summed E-state index contributed by atoms with van der Waals surface area (Å²) in [5.74, 6) is -1.33. The number of hydrogen-bond acceptors (Lipinski definition) is 7. The number of carbonyl (C=O) groups is 2. The number of ether oxygens (including phenoxy) is 2. The number of aliphatic hydroxyl groups excluding tert-OH is 1. The molecular weight excluding hydrogens is 528 g/mol. The number of rotatable bonds is 8. The number of Topliss-reactive ketones (excluding diaryl/α,β-unsaturated/α-hetero) is 1. The van der Waals surface area contributed by atoms with E-state index in [9.17, 15) is 19.8 Å². The summed E-state index contributed by atoms with van der Waals surface area (Å²) in [5, 5.41) is 21.6. The van der Waals surface area contributed by atoms with Crippen LogP contribution in [0.2, 0.25) is 0 Å². The van der Waals surface area contributed by atoms with Crippen molar-refractivity contribution in [2.75, 3.05) is 13.7 Å². The van der Waals surface area contributed by atoms with Crippen molar-refractivity contribution in [3.63, 3.8) is 0 Å². The maximum atomic E-state index is 13.3. The first kappa shape index (κ1) is 25.0. The Kier molecular flexibility index (Phi) is 7.40. The van der Waals surface area contributed by atoms with E-state index in [0.717, 1.165) is 0 Å². The van der Waals surface area contributed by atoms with E-state index >= 15 is 0 Å². The van der Waals surface area contributed by atoms with Gasteiger partial charge in [0, 0.05) is 24.5 Å². The fraction of sp³-hybridized carbons (Fsp3) is 0.148. The molecule has 8 nitrogen and oxygen atoms in total. The average molecular weight is 551 g/mol. The highest BCUT2D eigenvalue weighted by Gasteiger charge is 2.46. The van der Waals surface area contributed by atoms with Gasteiger partial charge in [-0.1, -0.05) is 18.7 Å². The molecular formula is C27H23BrN2O6. The number of amides is 1. The van der Waals surface area contributed by atoms with Crippen LogP contribution >= 0.6 is 15.9 Å². The quantitative estimate of drug-likeness (QED) is 0.180. The largest absolute Gasteiger partial charge is 0.507 e. The zero-order valence-electron chi connectivity index (χ0n) is 19.3. The summed E-state index contributed by atoms with van der Waals surface area (Å²) in [7, 11) is 1.40. The molecule has 2 N–H and O–H groups in total. The molecule has 2 aromatic carbocycles. The van der Waals surface area contributed by atoms with Gasteiger partial charge >= 0.3 is 0 Å². The van der Waals surface area contributed by atoms with E-state index in [1.54, 1.807) is 60.9 Å². The Morgan fingerprint density at radius 2 is 1.97 bits per heavy atom. The summed E-state index contributed by atoms with van der Waals surface area (Å²) in [5.41, 5.74) is 1.43. The van der Waals surface area contributed by atoms with E-state index in [0.29, 0.717) is 33.5 Å². The van der Waals surface area contributed by atoms with E-state index in [2.05, 4.69) is 27.5 Å². The average Bonchev–Trinajstić information content (AvgIpc) is 3.14. The summed E-state index contributed by atoms with van der Waals surface area (Å²) in [4.78, 5) is 31.9. The standard InChI is InChI=1S/C27H23BrN2O6/c1-3-11-36-19-8-6-17(7-9-19)24(31)22-23(18-12-20(28)25(32)21(13-18)35-2)30(27(34)26(22)33)15-16-5-4-10-29-14-16/h3-10,12-14,23,31-32H,1,11,15H2,2H3. The van der Waals surface area contributed by atoms with Crippen LogP contribution in [0.1, 0.15) is 22.7 Å². The number of nitrogens with zero attached hydrogens (tertiary/aromatic N) is 2. The van der Waals surface area contributed by atoms with Crippen LogP contribution in [0.15, 0.2) is 83.6 Å². The SMILES string of the molecule is C=CCOc1ccc(C(O)=C2C(=O)C(=O)N(Cc3cccnc3)C2c2cc(Br)c(O)c(OC)c2)cc1. The molecule has 1 fully saturated rings. The second-order valence-electron chi connectivity index (χ2n) is 7.97. The lowest BCUT2D eigenvalue weighted by atomic mass is 9.94. The van der Waals surface area contributed by atoms with E-state index in [-0.39, 0.29) is 29.4 Å². The minimum absolute atomic E-state index is 0.0784. The first-order valence-corrected chi connectivity index (χ1v) is 11.7. The number of methoxy groups -OCH3 is 1. The Morgan fingerprint density at radius 1 is 1.22 bits per heavy atom. The summed E-state index contributed by atoms with van der Waals surface area (Å²) in [6.45, 7) is 4.01. The summed E-state index contributed by atoms with van der Waals surface area (Å²) >= 11 is 3.30. The van der Waals surface area contributed by atoms with Gasteiger partial charge in [0.15, 0.2) is 11.5 Å². The zero-order valence-corrected chi connectivity index (χ0v) is 20.9. The summed E-state index contributed by atoms with van der Waals surface area (Å²) < 4.78 is 11.1. The van der Waals surface area contributed by atoms with Gasteiger partial charge in [0.25, 0.3) is 11.7 Å². The van der Waals surface area contributed by atoms with Gasteiger partial charge in [-0.3, -0.25) is 14.6 Å². The van der Waals surface area contributed by atoms with Gasteiger partial charge in [0.2, 0.25) is 0 Å². The number of hydrogen-bond donors (Lipinski definition) is 2. The van der Waals surface area contributed by atoms with Gasteiger partial charge in [-0.05, 0) is 69.5 Å². The number of phenolic OH excluding ortho intramolecular Hbond substituents is 1. The first-order valence-electron chi connectivity index (χ1n) is 10.9. The molecule has 1 unspecified atom stereocenters. The van der Waals surface area contributed by atoms with Crippen molar-refractivity contribution in [3.05, 3.63) is 100 Å². The molecule has 1 amide bonds. The van der Waals surface area contributed by atoms with Crippen molar-refractivity contribution in [1.82, 2.24) is 9.88 Å². The summed E-state index contributed by atoms with van der Waals surface area (Å²) in [6, 6.07) is 12.2. The van der Waals surface area contributed by atoms with Gasteiger partial charge in [-0.15, -0.1) is 0 Å². The molecule has 1 atom stereocenters. The molecule has 1 saturated heterocycles. The van der Waals surface area contributed by atoms with Gasteiger partial charge < -0.3 is 24.6 Å². The van der Waals surface area contributed by atoms with Crippen molar-refractivity contribution in [2.24, 2.45) is 0 Å². The van der Waals surface area contributed by atoms with Crippen LogP contribution < -0.4 is 9.47 Å². The predicted molar refractivity (Wildman–Crippen MR) is 137 cm³/mol. The second kappa shape index (κ2) is 10.7. The molecule has 0 radical (unpaired) electrons. The molecule has 9 heteroatoms. The van der Waals surface area contributed by atoms with Crippen LogP contribution in [-0.4, -0.2) is 45.5 Å². The molecule has 1 aromatic heterocycles. The molecule has 4 rings (SSSR count). The minimum atomic E-state index is -0.951. The molecule has 3 aromatic rings. The van der Waals surface area contributed by atoms with Crippen LogP contribution in [0.3, 0.4) is 0 Å². The number of carbonyl (C=O) groups excluding carboxylic acids is 2. The van der Waals surface area contributed by atoms with E-state index in [4.69, 9.17) is 9.47 Å². The minimum Gasteiger partial charge on any atom is -0.507 e. The molecule has 2 heterocycles. The Labute approximate surface area is 216 Å². The third-order valence-corrected chi connectivity index (χ3v) is 6.30. The lowest BCUT2D eigenvalue weighted by molar-refractivity contribution is -0.140.